The molecular weight excluding hydrogens is 244 g/mol. The molecule has 3 nitrogen and oxygen atoms in total. The lowest BCUT2D eigenvalue weighted by atomic mass is 9.96. The van der Waals surface area contributed by atoms with Gasteiger partial charge in [0.1, 0.15) is 0 Å². The minimum atomic E-state index is 0.0662. The molecule has 1 aliphatic rings. The fourth-order valence-electron chi connectivity index (χ4n) is 1.94. The van der Waals surface area contributed by atoms with Crippen molar-refractivity contribution in [2.75, 3.05) is 6.26 Å². The molecule has 2 atom stereocenters. The van der Waals surface area contributed by atoms with E-state index in [-0.39, 0.29) is 11.9 Å². The van der Waals surface area contributed by atoms with Crippen LogP contribution in [0.2, 0.25) is 0 Å². The summed E-state index contributed by atoms with van der Waals surface area (Å²) in [5, 5.41) is 0. The second kappa shape index (κ2) is 6.07. The van der Waals surface area contributed by atoms with Gasteiger partial charge < -0.3 is 0 Å². The van der Waals surface area contributed by atoms with Crippen molar-refractivity contribution < 1.29 is 4.79 Å². The van der Waals surface area contributed by atoms with E-state index in [4.69, 9.17) is 0 Å². The van der Waals surface area contributed by atoms with Crippen molar-refractivity contribution in [3.8, 4) is 0 Å². The number of hydrogen-bond donors (Lipinski definition) is 2. The second-order valence-corrected chi connectivity index (χ2v) is 5.41. The number of carbonyl (C=O) groups is 1. The van der Waals surface area contributed by atoms with Crippen molar-refractivity contribution in [2.24, 2.45) is 5.92 Å². The molecule has 0 spiro atoms. The second-order valence-electron chi connectivity index (χ2n) is 4.53. The first-order valence-corrected chi connectivity index (χ1v) is 7.28. The SMILES string of the molecule is CSc1ccc(/C=C/C2NNC(=O)CC2C)cc1. The number of rotatable bonds is 3. The van der Waals surface area contributed by atoms with E-state index in [9.17, 15) is 4.79 Å². The molecule has 1 amide bonds. The molecule has 1 aliphatic heterocycles. The van der Waals surface area contributed by atoms with Crippen LogP contribution in [-0.2, 0) is 4.79 Å². The van der Waals surface area contributed by atoms with Gasteiger partial charge in [-0.25, -0.2) is 5.43 Å². The number of benzene rings is 1. The van der Waals surface area contributed by atoms with E-state index in [0.717, 1.165) is 0 Å². The molecule has 4 heteroatoms. The number of amides is 1. The van der Waals surface area contributed by atoms with E-state index in [1.165, 1.54) is 10.5 Å². The van der Waals surface area contributed by atoms with Crippen molar-refractivity contribution in [1.29, 1.82) is 0 Å². The summed E-state index contributed by atoms with van der Waals surface area (Å²) in [5.41, 5.74) is 6.87. The van der Waals surface area contributed by atoms with Crippen molar-refractivity contribution in [3.63, 3.8) is 0 Å². The van der Waals surface area contributed by atoms with Gasteiger partial charge in [-0.1, -0.05) is 31.2 Å². The Labute approximate surface area is 112 Å². The van der Waals surface area contributed by atoms with Crippen molar-refractivity contribution >= 4 is 23.7 Å². The van der Waals surface area contributed by atoms with E-state index in [0.29, 0.717) is 12.3 Å². The van der Waals surface area contributed by atoms with E-state index in [2.05, 4.69) is 60.4 Å². The molecule has 0 aliphatic carbocycles. The van der Waals surface area contributed by atoms with Crippen LogP contribution < -0.4 is 10.9 Å². The monoisotopic (exact) mass is 262 g/mol. The van der Waals surface area contributed by atoms with Crippen molar-refractivity contribution in [1.82, 2.24) is 10.9 Å². The molecule has 1 aromatic carbocycles. The Kier molecular flexibility index (Phi) is 4.44. The minimum Gasteiger partial charge on any atom is -0.291 e. The highest BCUT2D eigenvalue weighted by Crippen LogP contribution is 2.17. The van der Waals surface area contributed by atoms with E-state index < -0.39 is 0 Å². The lowest BCUT2D eigenvalue weighted by molar-refractivity contribution is -0.125. The molecule has 2 N–H and O–H groups in total. The maximum Gasteiger partial charge on any atom is 0.234 e. The van der Waals surface area contributed by atoms with Gasteiger partial charge in [0.05, 0.1) is 0 Å². The molecule has 1 heterocycles. The molecule has 2 unspecified atom stereocenters. The van der Waals surface area contributed by atoms with Gasteiger partial charge in [0, 0.05) is 17.4 Å². The minimum absolute atomic E-state index is 0.0662. The molecule has 0 radical (unpaired) electrons. The van der Waals surface area contributed by atoms with Gasteiger partial charge in [-0.05, 0) is 29.9 Å². The van der Waals surface area contributed by atoms with Gasteiger partial charge in [-0.15, -0.1) is 11.8 Å². The quantitative estimate of drug-likeness (QED) is 0.822. The summed E-state index contributed by atoms with van der Waals surface area (Å²) in [6, 6.07) is 8.64. The van der Waals surface area contributed by atoms with Crippen LogP contribution >= 0.6 is 11.8 Å². The molecule has 0 bridgehead atoms. The molecule has 0 aromatic heterocycles. The van der Waals surface area contributed by atoms with Crippen LogP contribution in [0, 0.1) is 5.92 Å². The molecule has 96 valence electrons. The Bertz CT molecular complexity index is 442. The zero-order valence-electron chi connectivity index (χ0n) is 10.6. The summed E-state index contributed by atoms with van der Waals surface area (Å²) < 4.78 is 0. The number of hydrazine groups is 1. The van der Waals surface area contributed by atoms with Gasteiger partial charge in [-0.3, -0.25) is 10.2 Å². The highest BCUT2D eigenvalue weighted by atomic mass is 32.2. The van der Waals surface area contributed by atoms with Crippen LogP contribution in [-0.4, -0.2) is 18.2 Å². The summed E-state index contributed by atoms with van der Waals surface area (Å²) in [6.07, 6.45) is 6.85. The summed E-state index contributed by atoms with van der Waals surface area (Å²) in [7, 11) is 0. The first-order chi connectivity index (χ1) is 8.69. The average Bonchev–Trinajstić information content (AvgIpc) is 2.38. The summed E-state index contributed by atoms with van der Waals surface area (Å²) in [4.78, 5) is 12.4. The fraction of sp³-hybridized carbons (Fsp3) is 0.357. The van der Waals surface area contributed by atoms with Crippen LogP contribution in [0.4, 0.5) is 0 Å². The fourth-order valence-corrected chi connectivity index (χ4v) is 2.35. The normalized spacial score (nSPS) is 24.2. The Morgan fingerprint density at radius 3 is 2.67 bits per heavy atom. The Balaban J connectivity index is 1.99. The third-order valence-electron chi connectivity index (χ3n) is 3.11. The molecule has 1 aromatic rings. The van der Waals surface area contributed by atoms with Crippen LogP contribution in [0.15, 0.2) is 35.2 Å². The number of hydrogen-bond acceptors (Lipinski definition) is 3. The standard InChI is InChI=1S/C14H18N2OS/c1-10-9-14(17)16-15-13(10)8-5-11-3-6-12(18-2)7-4-11/h3-8,10,13,15H,9H2,1-2H3,(H,16,17)/b8-5+. The van der Waals surface area contributed by atoms with Gasteiger partial charge in [0.25, 0.3) is 0 Å². The molecule has 18 heavy (non-hydrogen) atoms. The first kappa shape index (κ1) is 13.2. The third kappa shape index (κ3) is 3.37. The summed E-state index contributed by atoms with van der Waals surface area (Å²) in [5.74, 6) is 0.386. The van der Waals surface area contributed by atoms with Gasteiger partial charge in [0.15, 0.2) is 0 Å². The third-order valence-corrected chi connectivity index (χ3v) is 3.85. The number of nitrogens with one attached hydrogen (secondary N) is 2. The highest BCUT2D eigenvalue weighted by molar-refractivity contribution is 7.98. The predicted molar refractivity (Wildman–Crippen MR) is 76.1 cm³/mol. The molecule has 1 fully saturated rings. The smallest absolute Gasteiger partial charge is 0.234 e. The Morgan fingerprint density at radius 2 is 2.06 bits per heavy atom. The summed E-state index contributed by atoms with van der Waals surface area (Å²) >= 11 is 1.74. The lowest BCUT2D eigenvalue weighted by Crippen LogP contribution is -2.52. The maximum absolute atomic E-state index is 11.2. The van der Waals surface area contributed by atoms with Gasteiger partial charge in [-0.2, -0.15) is 0 Å². The van der Waals surface area contributed by atoms with Gasteiger partial charge in [0.2, 0.25) is 5.91 Å². The zero-order chi connectivity index (χ0) is 13.0. The van der Waals surface area contributed by atoms with E-state index in [1.807, 2.05) is 0 Å². The van der Waals surface area contributed by atoms with Crippen molar-refractivity contribution in [3.05, 3.63) is 35.9 Å². The topological polar surface area (TPSA) is 41.1 Å². The maximum atomic E-state index is 11.2. The average molecular weight is 262 g/mol. The van der Waals surface area contributed by atoms with E-state index >= 15 is 0 Å². The number of thioether (sulfide) groups is 1. The Morgan fingerprint density at radius 1 is 1.33 bits per heavy atom. The molecule has 1 saturated heterocycles. The van der Waals surface area contributed by atoms with Crippen LogP contribution in [0.5, 0.6) is 0 Å². The highest BCUT2D eigenvalue weighted by Gasteiger charge is 2.22. The van der Waals surface area contributed by atoms with E-state index in [1.54, 1.807) is 11.8 Å². The summed E-state index contributed by atoms with van der Waals surface area (Å²) in [6.45, 7) is 2.08. The lowest BCUT2D eigenvalue weighted by Gasteiger charge is -2.27. The van der Waals surface area contributed by atoms with Gasteiger partial charge >= 0.3 is 0 Å². The molecule has 2 rings (SSSR count). The molecular formula is C14H18N2OS. The predicted octanol–water partition coefficient (Wildman–Crippen LogP) is 2.45. The Hall–Kier alpha value is -1.26. The first-order valence-electron chi connectivity index (χ1n) is 6.05. The largest absolute Gasteiger partial charge is 0.291 e. The number of carbonyl (C=O) groups excluding carboxylic acids is 1. The zero-order valence-corrected chi connectivity index (χ0v) is 11.5. The van der Waals surface area contributed by atoms with Crippen LogP contribution in [0.25, 0.3) is 6.08 Å². The van der Waals surface area contributed by atoms with Crippen LogP contribution in [0.3, 0.4) is 0 Å². The van der Waals surface area contributed by atoms with Crippen molar-refractivity contribution in [2.45, 2.75) is 24.3 Å². The van der Waals surface area contributed by atoms with Crippen LogP contribution in [0.1, 0.15) is 18.9 Å². The molecule has 0 saturated carbocycles.